The Hall–Kier alpha value is -1.46. The van der Waals surface area contributed by atoms with Crippen LogP contribution in [0.4, 0.5) is 5.69 Å². The molecule has 0 aliphatic carbocycles. The Morgan fingerprint density at radius 3 is 3.18 bits per heavy atom. The van der Waals surface area contributed by atoms with E-state index in [1.807, 2.05) is 25.1 Å². The molecule has 1 aliphatic heterocycles. The van der Waals surface area contributed by atoms with Crippen molar-refractivity contribution >= 4 is 33.1 Å². The lowest BCUT2D eigenvalue weighted by atomic mass is 9.85. The van der Waals surface area contributed by atoms with Gasteiger partial charge in [-0.2, -0.15) is 0 Å². The fourth-order valence-corrected chi connectivity index (χ4v) is 4.02. The largest absolute Gasteiger partial charge is 0.326 e. The number of carbonyl (C=O) groups excluding carboxylic acids is 1. The molecule has 5 heteroatoms. The Kier molecular flexibility index (Phi) is 4.74. The Morgan fingerprint density at radius 2 is 2.41 bits per heavy atom. The summed E-state index contributed by atoms with van der Waals surface area (Å²) < 4.78 is 1.12. The maximum absolute atomic E-state index is 12.3. The highest BCUT2D eigenvalue weighted by molar-refractivity contribution is 7.18. The molecule has 1 saturated heterocycles. The number of aromatic nitrogens is 1. The van der Waals surface area contributed by atoms with E-state index in [9.17, 15) is 4.79 Å². The zero-order valence-corrected chi connectivity index (χ0v) is 14.0. The molecule has 1 aromatic heterocycles. The minimum atomic E-state index is 0.110. The molecule has 0 saturated carbocycles. The van der Waals surface area contributed by atoms with Gasteiger partial charge >= 0.3 is 0 Å². The number of carbonyl (C=O) groups is 1. The molecule has 1 amide bonds. The summed E-state index contributed by atoms with van der Waals surface area (Å²) in [5, 5.41) is 7.51. The molecule has 1 aromatic carbocycles. The number of fused-ring (bicyclic) bond motifs is 1. The van der Waals surface area contributed by atoms with Crippen LogP contribution in [-0.4, -0.2) is 24.0 Å². The van der Waals surface area contributed by atoms with Crippen LogP contribution in [0.5, 0.6) is 0 Å². The molecule has 118 valence electrons. The molecule has 2 atom stereocenters. The standard InChI is InChI=1S/C17H23N3OS/c1-11(13-4-3-7-18-10-13)8-17(21)20-14-5-6-15-16(9-14)22-12(2)19-15/h5-6,9,11,13,18H,3-4,7-8,10H2,1-2H3,(H,20,21). The molecule has 3 rings (SSSR count). The number of thiazole rings is 1. The highest BCUT2D eigenvalue weighted by Gasteiger charge is 2.22. The first kappa shape index (κ1) is 15.4. The normalized spacial score (nSPS) is 20.0. The Balaban J connectivity index is 1.59. The Bertz CT molecular complexity index is 661. The zero-order valence-electron chi connectivity index (χ0n) is 13.2. The van der Waals surface area contributed by atoms with Crippen molar-refractivity contribution in [2.45, 2.75) is 33.1 Å². The molecule has 0 bridgehead atoms. The summed E-state index contributed by atoms with van der Waals surface area (Å²) in [7, 11) is 0. The predicted molar refractivity (Wildman–Crippen MR) is 92.4 cm³/mol. The van der Waals surface area contributed by atoms with Crippen LogP contribution in [0.3, 0.4) is 0 Å². The monoisotopic (exact) mass is 317 g/mol. The fraction of sp³-hybridized carbons (Fsp3) is 0.529. The maximum atomic E-state index is 12.3. The molecular formula is C17H23N3OS. The van der Waals surface area contributed by atoms with Gasteiger partial charge in [0.2, 0.25) is 5.91 Å². The van der Waals surface area contributed by atoms with Gasteiger partial charge in [-0.25, -0.2) is 4.98 Å². The number of nitrogens with one attached hydrogen (secondary N) is 2. The van der Waals surface area contributed by atoms with Gasteiger partial charge in [0.05, 0.1) is 15.2 Å². The molecule has 22 heavy (non-hydrogen) atoms. The average molecular weight is 317 g/mol. The number of piperidine rings is 1. The van der Waals surface area contributed by atoms with E-state index in [1.54, 1.807) is 11.3 Å². The molecule has 0 radical (unpaired) electrons. The van der Waals surface area contributed by atoms with Crippen LogP contribution in [0, 0.1) is 18.8 Å². The van der Waals surface area contributed by atoms with E-state index in [2.05, 4.69) is 22.5 Å². The van der Waals surface area contributed by atoms with Gasteiger partial charge in [-0.1, -0.05) is 6.92 Å². The number of hydrogen-bond acceptors (Lipinski definition) is 4. The molecule has 4 nitrogen and oxygen atoms in total. The van der Waals surface area contributed by atoms with Gasteiger partial charge in [-0.05, 0) is 62.9 Å². The quantitative estimate of drug-likeness (QED) is 0.906. The van der Waals surface area contributed by atoms with Crippen molar-refractivity contribution in [2.75, 3.05) is 18.4 Å². The zero-order chi connectivity index (χ0) is 15.5. The van der Waals surface area contributed by atoms with Gasteiger partial charge in [0.1, 0.15) is 0 Å². The Morgan fingerprint density at radius 1 is 1.55 bits per heavy atom. The summed E-state index contributed by atoms with van der Waals surface area (Å²) in [4.78, 5) is 16.7. The lowest BCUT2D eigenvalue weighted by Gasteiger charge is -2.28. The van der Waals surface area contributed by atoms with Crippen molar-refractivity contribution in [3.8, 4) is 0 Å². The second-order valence-corrected chi connectivity index (χ2v) is 7.49. The summed E-state index contributed by atoms with van der Waals surface area (Å²) in [6.45, 7) is 6.35. The summed E-state index contributed by atoms with van der Waals surface area (Å²) in [6.07, 6.45) is 3.04. The average Bonchev–Trinajstić information content (AvgIpc) is 2.87. The molecule has 1 aliphatic rings. The highest BCUT2D eigenvalue weighted by atomic mass is 32.1. The topological polar surface area (TPSA) is 54.0 Å². The van der Waals surface area contributed by atoms with E-state index in [1.165, 1.54) is 12.8 Å². The summed E-state index contributed by atoms with van der Waals surface area (Å²) in [5.41, 5.74) is 1.87. The second kappa shape index (κ2) is 6.75. The van der Waals surface area contributed by atoms with E-state index < -0.39 is 0 Å². The van der Waals surface area contributed by atoms with Crippen molar-refractivity contribution in [1.29, 1.82) is 0 Å². The summed E-state index contributed by atoms with van der Waals surface area (Å²) in [5.74, 6) is 1.15. The first-order valence-electron chi connectivity index (χ1n) is 7.99. The third kappa shape index (κ3) is 3.65. The van der Waals surface area contributed by atoms with Crippen LogP contribution in [0.2, 0.25) is 0 Å². The molecule has 2 heterocycles. The summed E-state index contributed by atoms with van der Waals surface area (Å²) in [6, 6.07) is 5.93. The molecule has 2 N–H and O–H groups in total. The second-order valence-electron chi connectivity index (χ2n) is 6.25. The van der Waals surface area contributed by atoms with Crippen molar-refractivity contribution in [2.24, 2.45) is 11.8 Å². The van der Waals surface area contributed by atoms with E-state index >= 15 is 0 Å². The van der Waals surface area contributed by atoms with Crippen molar-refractivity contribution < 1.29 is 4.79 Å². The van der Waals surface area contributed by atoms with Gasteiger partial charge < -0.3 is 10.6 Å². The number of hydrogen-bond donors (Lipinski definition) is 2. The van der Waals surface area contributed by atoms with Gasteiger partial charge in [0.25, 0.3) is 0 Å². The minimum Gasteiger partial charge on any atom is -0.326 e. The SMILES string of the molecule is Cc1nc2ccc(NC(=O)CC(C)C3CCCNC3)cc2s1. The smallest absolute Gasteiger partial charge is 0.224 e. The van der Waals surface area contributed by atoms with E-state index in [0.717, 1.165) is 34.0 Å². The van der Waals surface area contributed by atoms with Gasteiger partial charge in [0, 0.05) is 12.1 Å². The van der Waals surface area contributed by atoms with Crippen LogP contribution in [-0.2, 0) is 4.79 Å². The Labute approximate surface area is 135 Å². The number of nitrogens with zero attached hydrogens (tertiary/aromatic N) is 1. The lowest BCUT2D eigenvalue weighted by Crippen LogP contribution is -2.34. The van der Waals surface area contributed by atoms with Gasteiger partial charge in [0.15, 0.2) is 0 Å². The van der Waals surface area contributed by atoms with Crippen LogP contribution in [0.25, 0.3) is 10.2 Å². The van der Waals surface area contributed by atoms with Crippen molar-refractivity contribution in [1.82, 2.24) is 10.3 Å². The first-order valence-corrected chi connectivity index (χ1v) is 8.81. The fourth-order valence-electron chi connectivity index (χ4n) is 3.15. The molecule has 2 unspecified atom stereocenters. The van der Waals surface area contributed by atoms with Crippen LogP contribution in [0.15, 0.2) is 18.2 Å². The van der Waals surface area contributed by atoms with E-state index in [-0.39, 0.29) is 5.91 Å². The summed E-state index contributed by atoms with van der Waals surface area (Å²) >= 11 is 1.66. The maximum Gasteiger partial charge on any atom is 0.224 e. The highest BCUT2D eigenvalue weighted by Crippen LogP contribution is 2.26. The molecule has 0 spiro atoms. The number of benzene rings is 1. The van der Waals surface area contributed by atoms with Gasteiger partial charge in [-0.3, -0.25) is 4.79 Å². The molecule has 1 fully saturated rings. The third-order valence-electron chi connectivity index (χ3n) is 4.43. The van der Waals surface area contributed by atoms with Crippen molar-refractivity contribution in [3.63, 3.8) is 0 Å². The lowest BCUT2D eigenvalue weighted by molar-refractivity contribution is -0.117. The predicted octanol–water partition coefficient (Wildman–Crippen LogP) is 3.57. The van der Waals surface area contributed by atoms with Crippen molar-refractivity contribution in [3.05, 3.63) is 23.2 Å². The number of anilines is 1. The molecule has 2 aromatic rings. The van der Waals surface area contributed by atoms with Crippen LogP contribution < -0.4 is 10.6 Å². The number of amides is 1. The van der Waals surface area contributed by atoms with Crippen LogP contribution in [0.1, 0.15) is 31.2 Å². The minimum absolute atomic E-state index is 0.110. The van der Waals surface area contributed by atoms with Crippen LogP contribution >= 0.6 is 11.3 Å². The van der Waals surface area contributed by atoms with Gasteiger partial charge in [-0.15, -0.1) is 11.3 Å². The van der Waals surface area contributed by atoms with E-state index in [0.29, 0.717) is 18.3 Å². The number of rotatable bonds is 4. The number of aryl methyl sites for hydroxylation is 1. The third-order valence-corrected chi connectivity index (χ3v) is 5.36. The first-order chi connectivity index (χ1) is 10.6. The van der Waals surface area contributed by atoms with E-state index in [4.69, 9.17) is 0 Å². The molecular weight excluding hydrogens is 294 g/mol.